The van der Waals surface area contributed by atoms with Gasteiger partial charge in [0.05, 0.1) is 12.7 Å². The zero-order valence-electron chi connectivity index (χ0n) is 16.4. The van der Waals surface area contributed by atoms with Crippen molar-refractivity contribution >= 4 is 23.1 Å². The highest BCUT2D eigenvalue weighted by Gasteiger charge is 2.35. The predicted octanol–water partition coefficient (Wildman–Crippen LogP) is 6.06. The van der Waals surface area contributed by atoms with Gasteiger partial charge >= 0.3 is 6.18 Å². The fourth-order valence-electron chi connectivity index (χ4n) is 3.01. The zero-order valence-corrected chi connectivity index (χ0v) is 17.2. The number of aryl methyl sites for hydroxylation is 3. The van der Waals surface area contributed by atoms with Gasteiger partial charge in [-0.2, -0.15) is 13.2 Å². The van der Waals surface area contributed by atoms with Crippen LogP contribution < -0.4 is 10.1 Å². The molecule has 7 heteroatoms. The Labute approximate surface area is 168 Å². The minimum atomic E-state index is -4.49. The third kappa shape index (κ3) is 5.16. The highest BCUT2D eigenvalue weighted by atomic mass is 32.1. The lowest BCUT2D eigenvalue weighted by molar-refractivity contribution is -0.139. The lowest BCUT2D eigenvalue weighted by atomic mass is 10.0. The molecule has 0 unspecified atom stereocenters. The van der Waals surface area contributed by atoms with E-state index < -0.39 is 11.7 Å². The number of hydrogen-bond acceptors (Lipinski definition) is 3. The van der Waals surface area contributed by atoms with E-state index in [0.717, 1.165) is 16.7 Å². The molecule has 2 aromatic carbocycles. The number of nitrogens with one attached hydrogen (secondary N) is 1. The van der Waals surface area contributed by atoms with Crippen LogP contribution in [0.5, 0.6) is 5.75 Å². The maximum atomic E-state index is 13.5. The van der Waals surface area contributed by atoms with Crippen molar-refractivity contribution in [3.8, 4) is 5.75 Å². The van der Waals surface area contributed by atoms with Gasteiger partial charge in [-0.25, -0.2) is 0 Å². The van der Waals surface area contributed by atoms with Gasteiger partial charge in [0.15, 0.2) is 0 Å². The summed E-state index contributed by atoms with van der Waals surface area (Å²) in [5.41, 5.74) is 3.02. The first-order valence-electron chi connectivity index (χ1n) is 9.00. The van der Waals surface area contributed by atoms with Crippen molar-refractivity contribution in [2.24, 2.45) is 0 Å². The molecule has 0 heterocycles. The van der Waals surface area contributed by atoms with Gasteiger partial charge < -0.3 is 14.8 Å². The van der Waals surface area contributed by atoms with Crippen molar-refractivity contribution in [1.29, 1.82) is 0 Å². The van der Waals surface area contributed by atoms with E-state index in [0.29, 0.717) is 24.1 Å². The minimum absolute atomic E-state index is 0.0212. The molecular formula is C21H24F3NO2S. The molecule has 1 N–H and O–H groups in total. The summed E-state index contributed by atoms with van der Waals surface area (Å²) < 4.78 is 51.3. The molecular weight excluding hydrogens is 387 g/mol. The van der Waals surface area contributed by atoms with Crippen LogP contribution in [0.15, 0.2) is 30.3 Å². The van der Waals surface area contributed by atoms with Crippen LogP contribution in [0.2, 0.25) is 0 Å². The van der Waals surface area contributed by atoms with Crippen LogP contribution >= 0.6 is 12.2 Å². The summed E-state index contributed by atoms with van der Waals surface area (Å²) >= 11 is 5.05. The first kappa shape index (κ1) is 22.0. The molecule has 152 valence electrons. The largest absolute Gasteiger partial charge is 0.488 e. The predicted molar refractivity (Wildman–Crippen MR) is 109 cm³/mol. The fraction of sp³-hybridized carbons (Fsp3) is 0.381. The third-order valence-corrected chi connectivity index (χ3v) is 4.84. The van der Waals surface area contributed by atoms with E-state index in [1.807, 2.05) is 26.0 Å². The summed E-state index contributed by atoms with van der Waals surface area (Å²) in [6, 6.07) is 8.19. The Bertz CT molecular complexity index is 850. The van der Waals surface area contributed by atoms with E-state index in [4.69, 9.17) is 21.7 Å². The van der Waals surface area contributed by atoms with Crippen molar-refractivity contribution < 1.29 is 22.6 Å². The van der Waals surface area contributed by atoms with Crippen LogP contribution in [-0.2, 0) is 30.4 Å². The van der Waals surface area contributed by atoms with Crippen LogP contribution in [0.3, 0.4) is 0 Å². The molecule has 28 heavy (non-hydrogen) atoms. The summed E-state index contributed by atoms with van der Waals surface area (Å²) in [5.74, 6) is -0.173. The molecule has 0 spiro atoms. The highest BCUT2D eigenvalue weighted by Crippen LogP contribution is 2.38. The lowest BCUT2D eigenvalue weighted by Gasteiger charge is -2.19. The number of alkyl halides is 3. The van der Waals surface area contributed by atoms with E-state index in [-0.39, 0.29) is 17.5 Å². The molecule has 0 saturated carbocycles. The average molecular weight is 411 g/mol. The number of methoxy groups -OCH3 is 1. The van der Waals surface area contributed by atoms with E-state index in [9.17, 15) is 13.2 Å². The molecule has 0 atom stereocenters. The van der Waals surface area contributed by atoms with E-state index in [2.05, 4.69) is 5.32 Å². The fourth-order valence-corrected chi connectivity index (χ4v) is 3.12. The van der Waals surface area contributed by atoms with Gasteiger partial charge in [-0.05, 0) is 66.9 Å². The van der Waals surface area contributed by atoms with Crippen LogP contribution in [0.25, 0.3) is 0 Å². The number of rotatable bonds is 6. The average Bonchev–Trinajstić information content (AvgIpc) is 2.65. The van der Waals surface area contributed by atoms with Crippen molar-refractivity contribution in [2.75, 3.05) is 12.4 Å². The highest BCUT2D eigenvalue weighted by molar-refractivity contribution is 7.80. The van der Waals surface area contributed by atoms with Gasteiger partial charge in [-0.15, -0.1) is 0 Å². The number of thiocarbonyl (C=S) groups is 1. The molecule has 2 rings (SSSR count). The molecule has 2 aromatic rings. The minimum Gasteiger partial charge on any atom is -0.488 e. The Morgan fingerprint density at radius 3 is 2.36 bits per heavy atom. The Hall–Kier alpha value is -2.28. The molecule has 3 nitrogen and oxygen atoms in total. The summed E-state index contributed by atoms with van der Waals surface area (Å²) in [6.45, 7) is 5.57. The third-order valence-electron chi connectivity index (χ3n) is 4.57. The van der Waals surface area contributed by atoms with Gasteiger partial charge in [-0.3, -0.25) is 0 Å². The van der Waals surface area contributed by atoms with Crippen molar-refractivity contribution in [1.82, 2.24) is 0 Å². The number of halogens is 3. The standard InChI is InChI=1S/C21H24F3NO2S/c1-5-14-8-7-9-18(25-20(28)26-4)16(14)12-27-19-10-13(3)15(6-2)11-17(19)21(22,23)24/h7-11H,5-6,12H2,1-4H3,(H,25,28). The van der Waals surface area contributed by atoms with Crippen molar-refractivity contribution in [3.05, 3.63) is 58.1 Å². The summed E-state index contributed by atoms with van der Waals surface area (Å²) in [5, 5.41) is 3.13. The van der Waals surface area contributed by atoms with Gasteiger partial charge in [0.2, 0.25) is 0 Å². The molecule has 0 radical (unpaired) electrons. The smallest absolute Gasteiger partial charge is 0.419 e. The second-order valence-corrected chi connectivity index (χ2v) is 6.70. The van der Waals surface area contributed by atoms with E-state index in [1.165, 1.54) is 19.2 Å². The summed E-state index contributed by atoms with van der Waals surface area (Å²) in [4.78, 5) is 0. The second-order valence-electron chi connectivity index (χ2n) is 6.33. The number of anilines is 1. The normalized spacial score (nSPS) is 11.2. The summed E-state index contributed by atoms with van der Waals surface area (Å²) in [7, 11) is 1.45. The Morgan fingerprint density at radius 2 is 1.79 bits per heavy atom. The van der Waals surface area contributed by atoms with Gasteiger partial charge in [0.25, 0.3) is 5.17 Å². The molecule has 0 aliphatic carbocycles. The quantitative estimate of drug-likeness (QED) is 0.585. The molecule has 0 bridgehead atoms. The Kier molecular flexibility index (Phi) is 7.29. The SMILES string of the molecule is CCc1cc(C(F)(F)F)c(OCc2c(CC)cccc2NC(=S)OC)cc1C. The van der Waals surface area contributed by atoms with E-state index >= 15 is 0 Å². The molecule has 0 aromatic heterocycles. The monoisotopic (exact) mass is 411 g/mol. The summed E-state index contributed by atoms with van der Waals surface area (Å²) in [6.07, 6.45) is -3.26. The molecule has 0 aliphatic heterocycles. The van der Waals surface area contributed by atoms with Crippen molar-refractivity contribution in [2.45, 2.75) is 46.4 Å². The van der Waals surface area contributed by atoms with Gasteiger partial charge in [0, 0.05) is 11.3 Å². The lowest BCUT2D eigenvalue weighted by Crippen LogP contribution is -2.15. The molecule has 0 saturated heterocycles. The second kappa shape index (κ2) is 9.28. The topological polar surface area (TPSA) is 30.5 Å². The first-order chi connectivity index (χ1) is 13.2. The Balaban J connectivity index is 2.41. The zero-order chi connectivity index (χ0) is 20.9. The van der Waals surface area contributed by atoms with Gasteiger partial charge in [-0.1, -0.05) is 26.0 Å². The number of ether oxygens (including phenoxy) is 2. The first-order valence-corrected chi connectivity index (χ1v) is 9.41. The van der Waals surface area contributed by atoms with Crippen LogP contribution in [0.4, 0.5) is 18.9 Å². The molecule has 0 aliphatic rings. The van der Waals surface area contributed by atoms with Gasteiger partial charge in [0.1, 0.15) is 12.4 Å². The van der Waals surface area contributed by atoms with Crippen LogP contribution in [0, 0.1) is 6.92 Å². The Morgan fingerprint density at radius 1 is 1.11 bits per heavy atom. The van der Waals surface area contributed by atoms with E-state index in [1.54, 1.807) is 13.0 Å². The molecule has 0 fully saturated rings. The van der Waals surface area contributed by atoms with Crippen LogP contribution in [0.1, 0.15) is 41.7 Å². The maximum Gasteiger partial charge on any atom is 0.419 e. The molecule has 0 amide bonds. The number of benzene rings is 2. The number of hydrogen-bond donors (Lipinski definition) is 1. The van der Waals surface area contributed by atoms with Crippen LogP contribution in [-0.4, -0.2) is 12.3 Å². The maximum absolute atomic E-state index is 13.5. The van der Waals surface area contributed by atoms with Crippen molar-refractivity contribution in [3.63, 3.8) is 0 Å².